The van der Waals surface area contributed by atoms with Gasteiger partial charge in [0.15, 0.2) is 5.43 Å². The summed E-state index contributed by atoms with van der Waals surface area (Å²) < 4.78 is 18.9. The van der Waals surface area contributed by atoms with Crippen LogP contribution in [-0.4, -0.2) is 49.2 Å². The Morgan fingerprint density at radius 1 is 1.31 bits per heavy atom. The molecule has 0 aliphatic carbocycles. The number of nitrogens with zero attached hydrogens (tertiary/aromatic N) is 1. The van der Waals surface area contributed by atoms with Gasteiger partial charge in [-0.15, -0.1) is 0 Å². The quantitative estimate of drug-likeness (QED) is 0.643. The molecule has 1 N–H and O–H groups in total. The summed E-state index contributed by atoms with van der Waals surface area (Å²) in [4.78, 5) is 24.3. The number of rotatable bonds is 6. The average molecular weight is 462 g/mol. The second-order valence-corrected chi connectivity index (χ2v) is 9.49. The fraction of sp³-hybridized carbons (Fsp3) is 0.500. The van der Waals surface area contributed by atoms with Gasteiger partial charge in [0, 0.05) is 56.5 Å². The largest absolute Gasteiger partial charge is 0.492 e. The van der Waals surface area contributed by atoms with Crippen LogP contribution in [-0.2, 0) is 9.47 Å². The Morgan fingerprint density at radius 2 is 2.09 bits per heavy atom. The van der Waals surface area contributed by atoms with Gasteiger partial charge in [-0.25, -0.2) is 4.79 Å². The highest BCUT2D eigenvalue weighted by Gasteiger charge is 2.44. The van der Waals surface area contributed by atoms with Gasteiger partial charge in [-0.3, -0.25) is 4.79 Å². The maximum Gasteiger partial charge on any atom is 0.341 e. The Kier molecular flexibility index (Phi) is 6.34. The van der Waals surface area contributed by atoms with Crippen LogP contribution in [0.2, 0.25) is 5.02 Å². The number of carboxylic acid groups (broad SMARTS) is 1. The molecule has 0 unspecified atom stereocenters. The van der Waals surface area contributed by atoms with Gasteiger partial charge in [0.25, 0.3) is 0 Å². The van der Waals surface area contributed by atoms with E-state index in [4.69, 9.17) is 25.8 Å². The van der Waals surface area contributed by atoms with E-state index >= 15 is 0 Å². The van der Waals surface area contributed by atoms with E-state index in [-0.39, 0.29) is 22.9 Å². The van der Waals surface area contributed by atoms with Crippen molar-refractivity contribution in [2.75, 3.05) is 33.5 Å². The van der Waals surface area contributed by atoms with Gasteiger partial charge < -0.3 is 23.9 Å². The predicted octanol–water partition coefficient (Wildman–Crippen LogP) is 4.37. The lowest BCUT2D eigenvalue weighted by atomic mass is 9.70. The van der Waals surface area contributed by atoms with E-state index in [9.17, 15) is 14.7 Å². The minimum atomic E-state index is -1.23. The summed E-state index contributed by atoms with van der Waals surface area (Å²) in [6.45, 7) is 6.48. The highest BCUT2D eigenvalue weighted by atomic mass is 35.5. The number of aromatic nitrogens is 1. The van der Waals surface area contributed by atoms with Crippen LogP contribution in [0.1, 0.15) is 54.6 Å². The summed E-state index contributed by atoms with van der Waals surface area (Å²) >= 11 is 6.56. The van der Waals surface area contributed by atoms with E-state index in [1.165, 1.54) is 12.3 Å². The first-order valence-corrected chi connectivity index (χ1v) is 11.1. The van der Waals surface area contributed by atoms with Crippen molar-refractivity contribution in [1.82, 2.24) is 4.57 Å². The second kappa shape index (κ2) is 8.89. The van der Waals surface area contributed by atoms with Gasteiger partial charge in [0.05, 0.1) is 23.9 Å². The lowest BCUT2D eigenvalue weighted by Crippen LogP contribution is -2.37. The average Bonchev–Trinajstić information content (AvgIpc) is 2.89. The van der Waals surface area contributed by atoms with Gasteiger partial charge >= 0.3 is 5.97 Å². The van der Waals surface area contributed by atoms with Crippen LogP contribution in [0.15, 0.2) is 29.2 Å². The number of carboxylic acids is 1. The van der Waals surface area contributed by atoms with E-state index < -0.39 is 11.4 Å². The van der Waals surface area contributed by atoms with Crippen LogP contribution in [0.3, 0.4) is 0 Å². The molecule has 0 saturated carbocycles. The third-order valence-electron chi connectivity index (χ3n) is 6.51. The van der Waals surface area contributed by atoms with Crippen molar-refractivity contribution in [3.8, 4) is 17.0 Å². The maximum absolute atomic E-state index is 12.6. The molecule has 1 aromatic heterocycles. The number of benzene rings is 1. The summed E-state index contributed by atoms with van der Waals surface area (Å²) in [6, 6.07) is 5.08. The molecule has 0 spiro atoms. The summed E-state index contributed by atoms with van der Waals surface area (Å²) in [5.74, 6) is -0.689. The van der Waals surface area contributed by atoms with Crippen molar-refractivity contribution in [2.24, 2.45) is 5.41 Å². The summed E-state index contributed by atoms with van der Waals surface area (Å²) in [5.41, 5.74) is 1.51. The molecule has 2 aromatic rings. The van der Waals surface area contributed by atoms with Crippen LogP contribution < -0.4 is 10.2 Å². The van der Waals surface area contributed by atoms with Crippen LogP contribution >= 0.6 is 11.6 Å². The molecule has 0 radical (unpaired) electrons. The molecule has 32 heavy (non-hydrogen) atoms. The molecule has 2 aliphatic rings. The molecule has 172 valence electrons. The number of fused-ring (bicyclic) bond motifs is 6. The molecule has 0 bridgehead atoms. The van der Waals surface area contributed by atoms with Gasteiger partial charge in [-0.1, -0.05) is 25.4 Å². The van der Waals surface area contributed by atoms with Crippen LogP contribution in [0.4, 0.5) is 0 Å². The van der Waals surface area contributed by atoms with Gasteiger partial charge in [0.1, 0.15) is 11.3 Å². The van der Waals surface area contributed by atoms with Crippen molar-refractivity contribution in [1.29, 1.82) is 0 Å². The van der Waals surface area contributed by atoms with Gasteiger partial charge in [-0.05, 0) is 29.5 Å². The first-order chi connectivity index (χ1) is 15.2. The zero-order chi connectivity index (χ0) is 23.0. The molecule has 4 rings (SSSR count). The van der Waals surface area contributed by atoms with Crippen molar-refractivity contribution in [3.05, 3.63) is 50.8 Å². The predicted molar refractivity (Wildman–Crippen MR) is 121 cm³/mol. The Morgan fingerprint density at radius 3 is 2.81 bits per heavy atom. The molecule has 0 amide bonds. The number of hydrogen-bond acceptors (Lipinski definition) is 5. The number of hydrogen-bond donors (Lipinski definition) is 1. The Balaban J connectivity index is 1.90. The molecule has 8 heteroatoms. The highest BCUT2D eigenvalue weighted by molar-refractivity contribution is 6.32. The van der Waals surface area contributed by atoms with E-state index in [1.807, 2.05) is 16.7 Å². The second-order valence-electron chi connectivity index (χ2n) is 9.08. The SMILES string of the molecule is COCCCOc1cc2c(cc1Cl)-c1cc(=O)c(C(=O)O)cn1[C@H]1[C@@H]2COCCC1(C)C. The fourth-order valence-electron chi connectivity index (χ4n) is 4.91. The first-order valence-electron chi connectivity index (χ1n) is 10.8. The smallest absolute Gasteiger partial charge is 0.341 e. The monoisotopic (exact) mass is 461 g/mol. The number of pyridine rings is 1. The van der Waals surface area contributed by atoms with Crippen LogP contribution in [0.5, 0.6) is 5.75 Å². The fourth-order valence-corrected chi connectivity index (χ4v) is 5.13. The molecule has 7 nitrogen and oxygen atoms in total. The summed E-state index contributed by atoms with van der Waals surface area (Å²) in [6.07, 6.45) is 3.03. The normalized spacial score (nSPS) is 21.1. The van der Waals surface area contributed by atoms with Crippen LogP contribution in [0.25, 0.3) is 11.3 Å². The Hall–Kier alpha value is -2.35. The molecule has 2 atom stereocenters. The van der Waals surface area contributed by atoms with Crippen molar-refractivity contribution in [3.63, 3.8) is 0 Å². The number of carbonyl (C=O) groups is 1. The standard InChI is InChI=1S/C24H28ClNO6/c1-24(2)5-8-31-13-17-14-10-21(32-7-4-6-30-3)18(25)9-15(14)19-11-20(27)16(23(28)29)12-26(19)22(17)24/h9-12,17,22H,4-8,13H2,1-3H3,(H,28,29)/t17-,22+/m1/s1. The number of halogens is 1. The summed E-state index contributed by atoms with van der Waals surface area (Å²) in [7, 11) is 1.65. The molecule has 1 aromatic carbocycles. The molecule has 1 fully saturated rings. The Bertz CT molecular complexity index is 1090. The van der Waals surface area contributed by atoms with E-state index in [1.54, 1.807) is 7.11 Å². The van der Waals surface area contributed by atoms with Crippen molar-refractivity contribution >= 4 is 17.6 Å². The topological polar surface area (TPSA) is 87.0 Å². The molecule has 2 aliphatic heterocycles. The van der Waals surface area contributed by atoms with E-state index in [2.05, 4.69) is 13.8 Å². The molecular formula is C24H28ClNO6. The van der Waals surface area contributed by atoms with E-state index in [0.717, 1.165) is 24.0 Å². The maximum atomic E-state index is 12.6. The molecule has 3 heterocycles. The third-order valence-corrected chi connectivity index (χ3v) is 6.80. The zero-order valence-electron chi connectivity index (χ0n) is 18.5. The third kappa shape index (κ3) is 4.05. The lowest BCUT2D eigenvalue weighted by molar-refractivity contribution is 0.0693. The van der Waals surface area contributed by atoms with E-state index in [0.29, 0.717) is 42.9 Å². The lowest BCUT2D eigenvalue weighted by Gasteiger charge is -2.44. The van der Waals surface area contributed by atoms with Gasteiger partial charge in [-0.2, -0.15) is 0 Å². The van der Waals surface area contributed by atoms with Gasteiger partial charge in [0.2, 0.25) is 0 Å². The minimum Gasteiger partial charge on any atom is -0.492 e. The van der Waals surface area contributed by atoms with Crippen LogP contribution in [0, 0.1) is 5.41 Å². The summed E-state index contributed by atoms with van der Waals surface area (Å²) in [5, 5.41) is 10.0. The Labute approximate surface area is 191 Å². The number of ether oxygens (including phenoxy) is 3. The van der Waals surface area contributed by atoms with Crippen molar-refractivity contribution in [2.45, 2.75) is 38.6 Å². The highest BCUT2D eigenvalue weighted by Crippen LogP contribution is 2.53. The van der Waals surface area contributed by atoms with Crippen molar-refractivity contribution < 1.29 is 24.1 Å². The minimum absolute atomic E-state index is 0.0438. The molecular weight excluding hydrogens is 434 g/mol. The first kappa shape index (κ1) is 22.8. The number of aromatic carboxylic acids is 1. The zero-order valence-corrected chi connectivity index (χ0v) is 19.3. The number of methoxy groups -OCH3 is 1. The molecule has 1 saturated heterocycles.